The molecule has 0 saturated heterocycles. The van der Waals surface area contributed by atoms with Crippen molar-refractivity contribution in [1.82, 2.24) is 9.97 Å². The minimum atomic E-state index is -0.843. The van der Waals surface area contributed by atoms with E-state index in [1.54, 1.807) is 20.2 Å². The molecule has 1 aromatic carbocycles. The molecule has 0 spiro atoms. The second kappa shape index (κ2) is 5.00. The number of aromatic nitrogens is 2. The zero-order chi connectivity index (χ0) is 13.1. The van der Waals surface area contributed by atoms with Crippen LogP contribution in [0.4, 0.5) is 0 Å². The molecule has 2 aromatic rings. The Bertz CT molecular complexity index is 583. The molecule has 1 aromatic heterocycles. The molecule has 1 unspecified atom stereocenters. The summed E-state index contributed by atoms with van der Waals surface area (Å²) in [4.78, 5) is 19.3. The number of fused-ring (bicyclic) bond motifs is 1. The lowest BCUT2D eigenvalue weighted by molar-refractivity contribution is -0.141. The lowest BCUT2D eigenvalue weighted by Crippen LogP contribution is -2.14. The van der Waals surface area contributed by atoms with Crippen LogP contribution in [-0.4, -0.2) is 28.2 Å². The topological polar surface area (TPSA) is 72.3 Å². The molecule has 0 saturated carbocycles. The molecule has 0 radical (unpaired) electrons. The largest absolute Gasteiger partial charge is 0.497 e. The van der Waals surface area contributed by atoms with E-state index in [1.807, 2.05) is 18.2 Å². The molecule has 0 fully saturated rings. The summed E-state index contributed by atoms with van der Waals surface area (Å²) in [6.45, 7) is 1.64. The van der Waals surface area contributed by atoms with Crippen molar-refractivity contribution in [2.45, 2.75) is 13.3 Å². The summed E-state index contributed by atoms with van der Waals surface area (Å²) in [6.07, 6.45) is 2.02. The van der Waals surface area contributed by atoms with Crippen molar-refractivity contribution in [2.75, 3.05) is 7.11 Å². The number of nitrogens with zero attached hydrogens (tertiary/aromatic N) is 2. The standard InChI is InChI=1S/C13H14N2O3/c1-8(13(16)17)5-12-14-7-9-3-4-10(18-2)6-11(9)15-12/h3-4,6-8H,5H2,1-2H3,(H,16,17). The predicted molar refractivity (Wildman–Crippen MR) is 66.6 cm³/mol. The number of ether oxygens (including phenoxy) is 1. The molecule has 2 rings (SSSR count). The Morgan fingerprint density at radius 2 is 2.28 bits per heavy atom. The van der Waals surface area contributed by atoms with Crippen LogP contribution < -0.4 is 4.74 Å². The molecular weight excluding hydrogens is 232 g/mol. The van der Waals surface area contributed by atoms with Crippen molar-refractivity contribution in [3.8, 4) is 5.75 Å². The van der Waals surface area contributed by atoms with E-state index in [0.717, 1.165) is 16.7 Å². The van der Waals surface area contributed by atoms with Gasteiger partial charge in [0.2, 0.25) is 0 Å². The monoisotopic (exact) mass is 246 g/mol. The zero-order valence-electron chi connectivity index (χ0n) is 10.3. The van der Waals surface area contributed by atoms with Gasteiger partial charge in [0.1, 0.15) is 11.6 Å². The Hall–Kier alpha value is -2.17. The molecular formula is C13H14N2O3. The van der Waals surface area contributed by atoms with Crippen LogP contribution in [0.15, 0.2) is 24.4 Å². The van der Waals surface area contributed by atoms with Crippen LogP contribution in [-0.2, 0) is 11.2 Å². The minimum Gasteiger partial charge on any atom is -0.497 e. The fourth-order valence-electron chi connectivity index (χ4n) is 1.63. The molecule has 5 nitrogen and oxygen atoms in total. The van der Waals surface area contributed by atoms with Gasteiger partial charge in [0.15, 0.2) is 0 Å². The maximum Gasteiger partial charge on any atom is 0.306 e. The fraction of sp³-hybridized carbons (Fsp3) is 0.308. The smallest absolute Gasteiger partial charge is 0.306 e. The Kier molecular flexibility index (Phi) is 3.41. The number of hydrogen-bond acceptors (Lipinski definition) is 4. The van der Waals surface area contributed by atoms with Gasteiger partial charge in [-0.3, -0.25) is 4.79 Å². The van der Waals surface area contributed by atoms with Gasteiger partial charge in [0.25, 0.3) is 0 Å². The number of rotatable bonds is 4. The summed E-state index contributed by atoms with van der Waals surface area (Å²) in [7, 11) is 1.59. The molecule has 0 aliphatic carbocycles. The van der Waals surface area contributed by atoms with E-state index in [1.165, 1.54) is 0 Å². The highest BCUT2D eigenvalue weighted by Crippen LogP contribution is 2.19. The van der Waals surface area contributed by atoms with Crippen molar-refractivity contribution in [2.24, 2.45) is 5.92 Å². The molecule has 0 amide bonds. The number of methoxy groups -OCH3 is 1. The van der Waals surface area contributed by atoms with Gasteiger partial charge in [-0.2, -0.15) is 0 Å². The van der Waals surface area contributed by atoms with E-state index < -0.39 is 11.9 Å². The molecule has 18 heavy (non-hydrogen) atoms. The van der Waals surface area contributed by atoms with Crippen molar-refractivity contribution in [1.29, 1.82) is 0 Å². The zero-order valence-corrected chi connectivity index (χ0v) is 10.3. The van der Waals surface area contributed by atoms with Crippen LogP contribution in [0.1, 0.15) is 12.7 Å². The second-order valence-corrected chi connectivity index (χ2v) is 4.15. The molecule has 5 heteroatoms. The van der Waals surface area contributed by atoms with E-state index in [4.69, 9.17) is 9.84 Å². The van der Waals surface area contributed by atoms with Gasteiger partial charge in [-0.1, -0.05) is 6.92 Å². The number of carbonyl (C=O) groups is 1. The Balaban J connectivity index is 2.33. The molecule has 94 valence electrons. The normalized spacial score (nSPS) is 12.3. The quantitative estimate of drug-likeness (QED) is 0.892. The van der Waals surface area contributed by atoms with E-state index in [0.29, 0.717) is 12.2 Å². The molecule has 1 heterocycles. The number of hydrogen-bond donors (Lipinski definition) is 1. The highest BCUT2D eigenvalue weighted by molar-refractivity contribution is 5.79. The summed E-state index contributed by atoms with van der Waals surface area (Å²) in [5, 5.41) is 9.77. The third kappa shape index (κ3) is 2.56. The number of aliphatic carboxylic acids is 1. The van der Waals surface area contributed by atoms with Gasteiger partial charge in [-0.25, -0.2) is 9.97 Å². The number of benzene rings is 1. The van der Waals surface area contributed by atoms with Gasteiger partial charge >= 0.3 is 5.97 Å². The maximum atomic E-state index is 10.8. The first-order valence-corrected chi connectivity index (χ1v) is 5.62. The van der Waals surface area contributed by atoms with Gasteiger partial charge < -0.3 is 9.84 Å². The SMILES string of the molecule is COc1ccc2cnc(CC(C)C(=O)O)nc2c1. The van der Waals surface area contributed by atoms with Gasteiger partial charge in [0.05, 0.1) is 18.5 Å². The highest BCUT2D eigenvalue weighted by atomic mass is 16.5. The fourth-order valence-corrected chi connectivity index (χ4v) is 1.63. The summed E-state index contributed by atoms with van der Waals surface area (Å²) in [5.41, 5.74) is 0.761. The van der Waals surface area contributed by atoms with Gasteiger partial charge in [-0.15, -0.1) is 0 Å². The molecule has 0 aliphatic heterocycles. The second-order valence-electron chi connectivity index (χ2n) is 4.15. The minimum absolute atomic E-state index is 0.322. The average molecular weight is 246 g/mol. The van der Waals surface area contributed by atoms with Gasteiger partial charge in [0, 0.05) is 24.1 Å². The van der Waals surface area contributed by atoms with E-state index >= 15 is 0 Å². The Labute approximate surface area is 104 Å². The lowest BCUT2D eigenvalue weighted by Gasteiger charge is -2.06. The third-order valence-corrected chi connectivity index (χ3v) is 2.75. The van der Waals surface area contributed by atoms with Crippen molar-refractivity contribution >= 4 is 16.9 Å². The number of carboxylic acids is 1. The first-order valence-electron chi connectivity index (χ1n) is 5.62. The van der Waals surface area contributed by atoms with Gasteiger partial charge in [-0.05, 0) is 12.1 Å². The van der Waals surface area contributed by atoms with Crippen molar-refractivity contribution < 1.29 is 14.6 Å². The van der Waals surface area contributed by atoms with Crippen LogP contribution in [0.5, 0.6) is 5.75 Å². The van der Waals surface area contributed by atoms with Crippen molar-refractivity contribution in [3.05, 3.63) is 30.2 Å². The van der Waals surface area contributed by atoms with Crippen LogP contribution in [0.3, 0.4) is 0 Å². The van der Waals surface area contributed by atoms with E-state index in [2.05, 4.69) is 9.97 Å². The van der Waals surface area contributed by atoms with E-state index in [9.17, 15) is 4.79 Å². The summed E-state index contributed by atoms with van der Waals surface area (Å²) in [6, 6.07) is 5.52. The Morgan fingerprint density at radius 3 is 2.94 bits per heavy atom. The lowest BCUT2D eigenvalue weighted by atomic mass is 10.1. The average Bonchev–Trinajstić information content (AvgIpc) is 2.37. The summed E-state index contributed by atoms with van der Waals surface area (Å²) >= 11 is 0. The van der Waals surface area contributed by atoms with Crippen LogP contribution in [0.25, 0.3) is 10.9 Å². The van der Waals surface area contributed by atoms with Crippen LogP contribution in [0, 0.1) is 5.92 Å². The Morgan fingerprint density at radius 1 is 1.50 bits per heavy atom. The maximum absolute atomic E-state index is 10.8. The third-order valence-electron chi connectivity index (χ3n) is 2.75. The predicted octanol–water partition coefficient (Wildman–Crippen LogP) is 1.90. The van der Waals surface area contributed by atoms with Crippen molar-refractivity contribution in [3.63, 3.8) is 0 Å². The highest BCUT2D eigenvalue weighted by Gasteiger charge is 2.13. The molecule has 1 atom stereocenters. The first-order chi connectivity index (χ1) is 8.60. The molecule has 1 N–H and O–H groups in total. The first kappa shape index (κ1) is 12.3. The number of carboxylic acid groups (broad SMARTS) is 1. The van der Waals surface area contributed by atoms with E-state index in [-0.39, 0.29) is 0 Å². The summed E-state index contributed by atoms with van der Waals surface area (Å²) < 4.78 is 5.13. The van der Waals surface area contributed by atoms with Crippen LogP contribution >= 0.6 is 0 Å². The summed E-state index contributed by atoms with van der Waals surface area (Å²) in [5.74, 6) is -0.0820. The molecule has 0 aliphatic rings. The molecule has 0 bridgehead atoms. The van der Waals surface area contributed by atoms with Crippen LogP contribution in [0.2, 0.25) is 0 Å².